The predicted molar refractivity (Wildman–Crippen MR) is 112 cm³/mol. The van der Waals surface area contributed by atoms with Crippen LogP contribution in [-0.2, 0) is 14.3 Å². The summed E-state index contributed by atoms with van der Waals surface area (Å²) in [5, 5.41) is 0. The lowest BCUT2D eigenvalue weighted by molar-refractivity contribution is -0.137. The molecule has 1 aliphatic rings. The molecular formula is C23H25FN2O6. The number of ether oxygens (including phenoxy) is 2. The lowest BCUT2D eigenvalue weighted by atomic mass is 10.1. The van der Waals surface area contributed by atoms with Crippen LogP contribution in [0.5, 0.6) is 0 Å². The predicted octanol–water partition coefficient (Wildman–Crippen LogP) is 3.33. The van der Waals surface area contributed by atoms with Gasteiger partial charge in [0.1, 0.15) is 11.5 Å². The number of likely N-dealkylation sites (tertiary alicyclic amines) is 1. The highest BCUT2D eigenvalue weighted by molar-refractivity contribution is 6.06. The number of benzene rings is 1. The van der Waals surface area contributed by atoms with E-state index in [0.29, 0.717) is 24.1 Å². The molecule has 0 radical (unpaired) electrons. The fraction of sp³-hybridized carbons (Fsp3) is 0.391. The summed E-state index contributed by atoms with van der Waals surface area (Å²) in [5.74, 6) is -3.05. The number of nitrogens with one attached hydrogen (secondary N) is 1. The van der Waals surface area contributed by atoms with Crippen LogP contribution in [0.25, 0.3) is 0 Å². The van der Waals surface area contributed by atoms with Crippen molar-refractivity contribution >= 4 is 23.8 Å². The maximum atomic E-state index is 13.2. The van der Waals surface area contributed by atoms with Crippen LogP contribution in [-0.4, -0.2) is 52.9 Å². The molecule has 170 valence electrons. The van der Waals surface area contributed by atoms with E-state index in [2.05, 4.69) is 4.98 Å². The van der Waals surface area contributed by atoms with Crippen LogP contribution in [0.2, 0.25) is 0 Å². The minimum atomic E-state index is -1.15. The fourth-order valence-electron chi connectivity index (χ4n) is 3.72. The number of hydrogen-bond acceptors (Lipinski definition) is 6. The van der Waals surface area contributed by atoms with E-state index < -0.39 is 35.7 Å². The minimum Gasteiger partial charge on any atom is -0.462 e. The topological polar surface area (TPSA) is 106 Å². The molecule has 8 nitrogen and oxygen atoms in total. The van der Waals surface area contributed by atoms with Crippen molar-refractivity contribution in [2.24, 2.45) is 0 Å². The Morgan fingerprint density at radius 2 is 1.81 bits per heavy atom. The van der Waals surface area contributed by atoms with Crippen molar-refractivity contribution in [2.45, 2.75) is 46.1 Å². The van der Waals surface area contributed by atoms with Gasteiger partial charge in [-0.3, -0.25) is 14.5 Å². The van der Waals surface area contributed by atoms with Crippen molar-refractivity contribution in [1.82, 2.24) is 9.88 Å². The number of carbonyl (C=O) groups is 4. The number of esters is 2. The molecule has 32 heavy (non-hydrogen) atoms. The number of amides is 2. The van der Waals surface area contributed by atoms with Gasteiger partial charge in [-0.1, -0.05) is 0 Å². The third kappa shape index (κ3) is 4.71. The summed E-state index contributed by atoms with van der Waals surface area (Å²) in [7, 11) is 0. The first-order valence-corrected chi connectivity index (χ1v) is 10.4. The van der Waals surface area contributed by atoms with Crippen LogP contribution >= 0.6 is 0 Å². The number of halogens is 1. The van der Waals surface area contributed by atoms with E-state index in [4.69, 9.17) is 9.47 Å². The third-order valence-electron chi connectivity index (χ3n) is 5.35. The number of H-pyrrole nitrogens is 1. The molecule has 2 aromatic rings. The molecule has 1 atom stereocenters. The highest BCUT2D eigenvalue weighted by Crippen LogP contribution is 2.23. The number of carbonyl (C=O) groups excluding carboxylic acids is 4. The summed E-state index contributed by atoms with van der Waals surface area (Å²) in [5.41, 5.74) is 1.29. The minimum absolute atomic E-state index is 0.0546. The van der Waals surface area contributed by atoms with Crippen LogP contribution in [0.15, 0.2) is 24.3 Å². The second-order valence-electron chi connectivity index (χ2n) is 7.54. The molecule has 0 aliphatic carbocycles. The lowest BCUT2D eigenvalue weighted by Crippen LogP contribution is -2.43. The number of aryl methyl sites for hydroxylation is 1. The SMILES string of the molecule is CCOC(=O)c1c(C)[nH]c(C(=O)OC2CCCCN(C(=O)c3ccc(F)cc3)C2=O)c1C. The molecule has 0 saturated carbocycles. The average molecular weight is 444 g/mol. The van der Waals surface area contributed by atoms with Gasteiger partial charge in [0.15, 0.2) is 6.10 Å². The molecule has 1 fully saturated rings. The Morgan fingerprint density at radius 3 is 2.47 bits per heavy atom. The van der Waals surface area contributed by atoms with Gasteiger partial charge < -0.3 is 14.5 Å². The maximum Gasteiger partial charge on any atom is 0.355 e. The quantitative estimate of drug-likeness (QED) is 0.560. The van der Waals surface area contributed by atoms with Crippen LogP contribution in [0.1, 0.15) is 68.6 Å². The number of nitrogens with zero attached hydrogens (tertiary/aromatic N) is 1. The zero-order valence-electron chi connectivity index (χ0n) is 18.2. The number of imide groups is 1. The largest absolute Gasteiger partial charge is 0.462 e. The maximum absolute atomic E-state index is 13.2. The summed E-state index contributed by atoms with van der Waals surface area (Å²) in [6, 6.07) is 4.90. The van der Waals surface area contributed by atoms with Gasteiger partial charge in [0, 0.05) is 17.8 Å². The van der Waals surface area contributed by atoms with Gasteiger partial charge in [-0.15, -0.1) is 0 Å². The summed E-state index contributed by atoms with van der Waals surface area (Å²) in [6.07, 6.45) is 0.249. The normalized spacial score (nSPS) is 16.4. The van der Waals surface area contributed by atoms with E-state index in [9.17, 15) is 23.6 Å². The zero-order valence-corrected chi connectivity index (χ0v) is 18.2. The molecule has 1 aromatic carbocycles. The van der Waals surface area contributed by atoms with Crippen LogP contribution < -0.4 is 0 Å². The number of hydrogen-bond donors (Lipinski definition) is 1. The Kier molecular flexibility index (Phi) is 7.07. The first-order chi connectivity index (χ1) is 15.2. The first kappa shape index (κ1) is 23.2. The van der Waals surface area contributed by atoms with Crippen LogP contribution in [0, 0.1) is 19.7 Å². The highest BCUT2D eigenvalue weighted by Gasteiger charge is 2.35. The second kappa shape index (κ2) is 9.76. The Balaban J connectivity index is 1.79. The van der Waals surface area contributed by atoms with Crippen molar-refractivity contribution in [3.8, 4) is 0 Å². The molecule has 1 aromatic heterocycles. The van der Waals surface area contributed by atoms with Crippen LogP contribution in [0.4, 0.5) is 4.39 Å². The molecule has 2 amide bonds. The molecule has 3 rings (SSSR count). The summed E-state index contributed by atoms with van der Waals surface area (Å²) < 4.78 is 23.7. The molecule has 1 N–H and O–H groups in total. The van der Waals surface area contributed by atoms with E-state index in [1.54, 1.807) is 20.8 Å². The smallest absolute Gasteiger partial charge is 0.355 e. The summed E-state index contributed by atoms with van der Waals surface area (Å²) in [6.45, 7) is 5.27. The van der Waals surface area contributed by atoms with Crippen LogP contribution in [0.3, 0.4) is 0 Å². The lowest BCUT2D eigenvalue weighted by Gasteiger charge is -2.22. The monoisotopic (exact) mass is 444 g/mol. The molecule has 0 spiro atoms. The second-order valence-corrected chi connectivity index (χ2v) is 7.54. The van der Waals surface area contributed by atoms with E-state index in [-0.39, 0.29) is 36.4 Å². The molecular weight excluding hydrogens is 419 g/mol. The Bertz CT molecular complexity index is 1040. The van der Waals surface area contributed by atoms with Crippen molar-refractivity contribution in [3.63, 3.8) is 0 Å². The van der Waals surface area contributed by atoms with Gasteiger partial charge in [-0.05, 0) is 69.9 Å². The van der Waals surface area contributed by atoms with Gasteiger partial charge in [0.2, 0.25) is 0 Å². The molecule has 2 heterocycles. The number of aromatic amines is 1. The average Bonchev–Trinajstić information content (AvgIpc) is 2.94. The van der Waals surface area contributed by atoms with Gasteiger partial charge in [0.25, 0.3) is 11.8 Å². The van der Waals surface area contributed by atoms with E-state index in [0.717, 1.165) is 17.0 Å². The molecule has 9 heteroatoms. The first-order valence-electron chi connectivity index (χ1n) is 10.4. The van der Waals surface area contributed by atoms with Gasteiger partial charge in [-0.25, -0.2) is 14.0 Å². The Labute approximate surface area is 184 Å². The van der Waals surface area contributed by atoms with E-state index in [1.165, 1.54) is 12.1 Å². The Morgan fingerprint density at radius 1 is 1.12 bits per heavy atom. The summed E-state index contributed by atoms with van der Waals surface area (Å²) >= 11 is 0. The fourth-order valence-corrected chi connectivity index (χ4v) is 3.72. The van der Waals surface area contributed by atoms with Crippen molar-refractivity contribution in [3.05, 3.63) is 58.2 Å². The molecule has 1 saturated heterocycles. The van der Waals surface area contributed by atoms with Crippen molar-refractivity contribution < 1.29 is 33.0 Å². The van der Waals surface area contributed by atoms with Gasteiger partial charge >= 0.3 is 11.9 Å². The van der Waals surface area contributed by atoms with Crippen molar-refractivity contribution in [1.29, 1.82) is 0 Å². The highest BCUT2D eigenvalue weighted by atomic mass is 19.1. The number of aromatic nitrogens is 1. The summed E-state index contributed by atoms with van der Waals surface area (Å²) in [4.78, 5) is 54.7. The van der Waals surface area contributed by atoms with Crippen molar-refractivity contribution in [2.75, 3.05) is 13.2 Å². The zero-order chi connectivity index (χ0) is 23.4. The van der Waals surface area contributed by atoms with E-state index in [1.807, 2.05) is 0 Å². The third-order valence-corrected chi connectivity index (χ3v) is 5.35. The molecule has 1 unspecified atom stereocenters. The Hall–Kier alpha value is -3.49. The standard InChI is InChI=1S/C23H25FN2O6/c1-4-31-22(29)18-13(2)19(25-14(18)3)23(30)32-17-7-5-6-12-26(21(17)28)20(27)15-8-10-16(24)11-9-15/h8-11,17,25H,4-7,12H2,1-3H3. The molecule has 1 aliphatic heterocycles. The van der Waals surface area contributed by atoms with E-state index >= 15 is 0 Å². The number of rotatable bonds is 5. The van der Waals surface area contributed by atoms with Gasteiger partial charge in [0.05, 0.1) is 12.2 Å². The molecule has 0 bridgehead atoms. The van der Waals surface area contributed by atoms with Gasteiger partial charge in [-0.2, -0.15) is 0 Å².